The number of aliphatic hydroxyl groups excluding tert-OH is 1. The van der Waals surface area contributed by atoms with Crippen LogP contribution in [0.25, 0.3) is 0 Å². The molecule has 2 rings (SSSR count). The molecule has 17 heavy (non-hydrogen) atoms. The van der Waals surface area contributed by atoms with E-state index in [0.29, 0.717) is 11.7 Å². The number of hydrogen-bond acceptors (Lipinski definition) is 3. The molecule has 92 valence electrons. The highest BCUT2D eigenvalue weighted by Crippen LogP contribution is 2.18. The second-order valence-corrected chi connectivity index (χ2v) is 4.31. The molecule has 0 saturated heterocycles. The van der Waals surface area contributed by atoms with Gasteiger partial charge in [-0.25, -0.2) is 4.79 Å². The standard InChI is InChI=1S/C12H17N3O2/c13-9-3-1-8(2-4-9)11(16)7-14-12(17)15-10-5-6-10/h1-4,10-11,16H,5-7,13H2,(H2,14,15,17). The first-order chi connectivity index (χ1) is 8.15. The van der Waals surface area contributed by atoms with Crippen LogP contribution in [0.15, 0.2) is 24.3 Å². The predicted octanol–water partition coefficient (Wildman–Crippen LogP) is 0.764. The molecule has 1 aliphatic rings. The third-order valence-electron chi connectivity index (χ3n) is 2.69. The van der Waals surface area contributed by atoms with Crippen molar-refractivity contribution in [3.05, 3.63) is 29.8 Å². The Kier molecular flexibility index (Phi) is 3.49. The summed E-state index contributed by atoms with van der Waals surface area (Å²) in [7, 11) is 0. The van der Waals surface area contributed by atoms with Crippen LogP contribution in [0.4, 0.5) is 10.5 Å². The molecule has 0 bridgehead atoms. The molecule has 5 nitrogen and oxygen atoms in total. The van der Waals surface area contributed by atoms with E-state index in [2.05, 4.69) is 10.6 Å². The number of carbonyl (C=O) groups is 1. The lowest BCUT2D eigenvalue weighted by Gasteiger charge is -2.12. The Labute approximate surface area is 100 Å². The summed E-state index contributed by atoms with van der Waals surface area (Å²) in [5.41, 5.74) is 6.94. The van der Waals surface area contributed by atoms with E-state index in [9.17, 15) is 9.90 Å². The van der Waals surface area contributed by atoms with Gasteiger partial charge in [0, 0.05) is 18.3 Å². The Morgan fingerprint density at radius 1 is 1.41 bits per heavy atom. The van der Waals surface area contributed by atoms with E-state index in [4.69, 9.17) is 5.73 Å². The van der Waals surface area contributed by atoms with E-state index < -0.39 is 6.10 Å². The zero-order valence-electron chi connectivity index (χ0n) is 9.52. The van der Waals surface area contributed by atoms with Crippen LogP contribution >= 0.6 is 0 Å². The van der Waals surface area contributed by atoms with Crippen molar-refractivity contribution in [1.29, 1.82) is 0 Å². The quantitative estimate of drug-likeness (QED) is 0.581. The summed E-state index contributed by atoms with van der Waals surface area (Å²) in [4.78, 5) is 11.3. The first-order valence-corrected chi connectivity index (χ1v) is 5.73. The summed E-state index contributed by atoms with van der Waals surface area (Å²) in [6.07, 6.45) is 1.39. The summed E-state index contributed by atoms with van der Waals surface area (Å²) in [6, 6.07) is 7.05. The topological polar surface area (TPSA) is 87.4 Å². The van der Waals surface area contributed by atoms with Crippen LogP contribution in [0.5, 0.6) is 0 Å². The van der Waals surface area contributed by atoms with E-state index in [-0.39, 0.29) is 12.6 Å². The van der Waals surface area contributed by atoms with Crippen molar-refractivity contribution in [2.24, 2.45) is 0 Å². The van der Waals surface area contributed by atoms with Crippen LogP contribution in [0.1, 0.15) is 24.5 Å². The number of nitrogens with two attached hydrogens (primary N) is 1. The van der Waals surface area contributed by atoms with Crippen LogP contribution in [0.2, 0.25) is 0 Å². The Hall–Kier alpha value is -1.75. The van der Waals surface area contributed by atoms with Crippen molar-refractivity contribution < 1.29 is 9.90 Å². The number of amides is 2. The van der Waals surface area contributed by atoms with Crippen molar-refractivity contribution in [2.75, 3.05) is 12.3 Å². The van der Waals surface area contributed by atoms with Gasteiger partial charge in [0.05, 0.1) is 6.10 Å². The van der Waals surface area contributed by atoms with Crippen molar-refractivity contribution in [2.45, 2.75) is 25.0 Å². The third-order valence-corrected chi connectivity index (χ3v) is 2.69. The fourth-order valence-corrected chi connectivity index (χ4v) is 1.49. The first kappa shape index (κ1) is 11.7. The van der Waals surface area contributed by atoms with Crippen molar-refractivity contribution >= 4 is 11.7 Å². The molecule has 1 unspecified atom stereocenters. The molecule has 0 aromatic heterocycles. The van der Waals surface area contributed by atoms with Gasteiger partial charge in [-0.05, 0) is 30.5 Å². The number of anilines is 1. The molecule has 0 spiro atoms. The molecule has 5 heteroatoms. The Morgan fingerprint density at radius 2 is 2.06 bits per heavy atom. The SMILES string of the molecule is Nc1ccc(C(O)CNC(=O)NC2CC2)cc1. The number of benzene rings is 1. The fourth-order valence-electron chi connectivity index (χ4n) is 1.49. The number of rotatable bonds is 4. The fraction of sp³-hybridized carbons (Fsp3) is 0.417. The van der Waals surface area contributed by atoms with Crippen molar-refractivity contribution in [3.63, 3.8) is 0 Å². The van der Waals surface area contributed by atoms with Crippen molar-refractivity contribution in [3.8, 4) is 0 Å². The summed E-state index contributed by atoms with van der Waals surface area (Å²) in [6.45, 7) is 0.197. The molecule has 1 atom stereocenters. The van der Waals surface area contributed by atoms with E-state index >= 15 is 0 Å². The minimum Gasteiger partial charge on any atom is -0.399 e. The number of carbonyl (C=O) groups excluding carboxylic acids is 1. The maximum atomic E-state index is 11.3. The minimum atomic E-state index is -0.708. The van der Waals surface area contributed by atoms with E-state index in [1.165, 1.54) is 0 Å². The second-order valence-electron chi connectivity index (χ2n) is 4.31. The first-order valence-electron chi connectivity index (χ1n) is 5.73. The highest BCUT2D eigenvalue weighted by atomic mass is 16.3. The molecule has 1 aromatic carbocycles. The Morgan fingerprint density at radius 3 is 2.65 bits per heavy atom. The highest BCUT2D eigenvalue weighted by molar-refractivity contribution is 5.74. The predicted molar refractivity (Wildman–Crippen MR) is 65.4 cm³/mol. The summed E-state index contributed by atoms with van der Waals surface area (Å²) in [5.74, 6) is 0. The lowest BCUT2D eigenvalue weighted by molar-refractivity contribution is 0.173. The lowest BCUT2D eigenvalue weighted by atomic mass is 10.1. The molecule has 0 radical (unpaired) electrons. The molecule has 1 aliphatic carbocycles. The van der Waals surface area contributed by atoms with Gasteiger partial charge in [-0.3, -0.25) is 0 Å². The maximum Gasteiger partial charge on any atom is 0.315 e. The van der Waals surface area contributed by atoms with Gasteiger partial charge in [-0.2, -0.15) is 0 Å². The number of nitrogens with one attached hydrogen (secondary N) is 2. The van der Waals surface area contributed by atoms with Gasteiger partial charge in [0.15, 0.2) is 0 Å². The second kappa shape index (κ2) is 5.05. The van der Waals surface area contributed by atoms with Gasteiger partial charge < -0.3 is 21.5 Å². The summed E-state index contributed by atoms with van der Waals surface area (Å²) in [5, 5.41) is 15.3. The molecule has 5 N–H and O–H groups in total. The van der Waals surface area contributed by atoms with Crippen LogP contribution in [0.3, 0.4) is 0 Å². The van der Waals surface area contributed by atoms with Gasteiger partial charge >= 0.3 is 6.03 Å². The highest BCUT2D eigenvalue weighted by Gasteiger charge is 2.23. The van der Waals surface area contributed by atoms with E-state index in [1.807, 2.05) is 0 Å². The van der Waals surface area contributed by atoms with Crippen LogP contribution < -0.4 is 16.4 Å². The monoisotopic (exact) mass is 235 g/mol. The molecule has 1 aromatic rings. The zero-order valence-corrected chi connectivity index (χ0v) is 9.52. The maximum absolute atomic E-state index is 11.3. The third kappa shape index (κ3) is 3.64. The summed E-state index contributed by atoms with van der Waals surface area (Å²) < 4.78 is 0. The average molecular weight is 235 g/mol. The van der Waals surface area contributed by atoms with Gasteiger partial charge in [-0.1, -0.05) is 12.1 Å². The van der Waals surface area contributed by atoms with E-state index in [1.54, 1.807) is 24.3 Å². The molecular weight excluding hydrogens is 218 g/mol. The van der Waals surface area contributed by atoms with Crippen molar-refractivity contribution in [1.82, 2.24) is 10.6 Å². The number of hydrogen-bond donors (Lipinski definition) is 4. The Balaban J connectivity index is 1.77. The van der Waals surface area contributed by atoms with Crippen LogP contribution in [-0.4, -0.2) is 23.7 Å². The van der Waals surface area contributed by atoms with Gasteiger partial charge in [0.2, 0.25) is 0 Å². The van der Waals surface area contributed by atoms with Gasteiger partial charge in [-0.15, -0.1) is 0 Å². The molecule has 1 fully saturated rings. The van der Waals surface area contributed by atoms with Gasteiger partial charge in [0.25, 0.3) is 0 Å². The van der Waals surface area contributed by atoms with Crippen LogP contribution in [-0.2, 0) is 0 Å². The Bertz CT molecular complexity index is 387. The lowest BCUT2D eigenvalue weighted by Crippen LogP contribution is -2.38. The average Bonchev–Trinajstić information content (AvgIpc) is 3.11. The van der Waals surface area contributed by atoms with Gasteiger partial charge in [0.1, 0.15) is 0 Å². The molecule has 1 saturated carbocycles. The molecule has 0 aliphatic heterocycles. The zero-order chi connectivity index (χ0) is 12.3. The molecular formula is C12H17N3O2. The number of aliphatic hydroxyl groups is 1. The smallest absolute Gasteiger partial charge is 0.315 e. The molecule has 2 amide bonds. The largest absolute Gasteiger partial charge is 0.399 e. The molecule has 0 heterocycles. The minimum absolute atomic E-state index is 0.197. The van der Waals surface area contributed by atoms with E-state index in [0.717, 1.165) is 18.4 Å². The van der Waals surface area contributed by atoms with Crippen LogP contribution in [0, 0.1) is 0 Å². The normalized spacial score (nSPS) is 16.3. The summed E-state index contributed by atoms with van der Waals surface area (Å²) >= 11 is 0. The number of nitrogen functional groups attached to an aromatic ring is 1. The number of urea groups is 1.